The summed E-state index contributed by atoms with van der Waals surface area (Å²) in [6.07, 6.45) is 3.62. The van der Waals surface area contributed by atoms with Crippen LogP contribution in [-0.4, -0.2) is 36.8 Å². The number of hydrogen-bond acceptors (Lipinski definition) is 4. The Morgan fingerprint density at radius 2 is 2.04 bits per heavy atom. The van der Waals surface area contributed by atoms with Crippen molar-refractivity contribution >= 4 is 16.7 Å². The molecule has 0 radical (unpaired) electrons. The summed E-state index contributed by atoms with van der Waals surface area (Å²) < 4.78 is 12.3. The highest BCUT2D eigenvalue weighted by Gasteiger charge is 2.19. The summed E-state index contributed by atoms with van der Waals surface area (Å²) in [5.41, 5.74) is 0.916. The van der Waals surface area contributed by atoms with Gasteiger partial charge in [0.25, 0.3) is 11.5 Å². The van der Waals surface area contributed by atoms with Crippen LogP contribution in [0.4, 0.5) is 0 Å². The van der Waals surface area contributed by atoms with Crippen molar-refractivity contribution in [2.45, 2.75) is 18.9 Å². The maximum atomic E-state index is 13.0. The number of nitrogens with zero attached hydrogens (tertiary/aromatic N) is 1. The number of carbonyl (C=O) groups is 1. The van der Waals surface area contributed by atoms with Crippen molar-refractivity contribution in [1.82, 2.24) is 9.88 Å². The Labute approximate surface area is 162 Å². The number of carbonyl (C=O) groups excluding carboxylic acids is 1. The van der Waals surface area contributed by atoms with Crippen LogP contribution in [0.3, 0.4) is 0 Å². The van der Waals surface area contributed by atoms with Gasteiger partial charge in [0.2, 0.25) is 0 Å². The molecule has 2 heterocycles. The van der Waals surface area contributed by atoms with E-state index in [1.165, 1.54) is 4.57 Å². The van der Waals surface area contributed by atoms with E-state index in [9.17, 15) is 9.59 Å². The second kappa shape index (κ2) is 7.86. The molecule has 1 N–H and O–H groups in total. The van der Waals surface area contributed by atoms with E-state index in [1.54, 1.807) is 37.6 Å². The first-order chi connectivity index (χ1) is 13.7. The molecule has 1 amide bonds. The first kappa shape index (κ1) is 18.3. The number of aromatic nitrogens is 1. The number of methoxy groups -OCH3 is 1. The predicted octanol–water partition coefficient (Wildman–Crippen LogP) is 2.91. The summed E-state index contributed by atoms with van der Waals surface area (Å²) in [4.78, 5) is 26.0. The molecule has 0 unspecified atom stereocenters. The molecule has 1 aliphatic heterocycles. The standard InChI is InChI=1S/C22H22N2O4/c1-27-16-7-4-6-15(12-16)24-14-20(18-9-2-3-10-19(18)22(24)26)21(25)23-13-17-8-5-11-28-17/h2-4,6-7,9-10,12,14,17H,5,8,11,13H2,1H3,(H,23,25)/t17-/m0/s1. The van der Waals surface area contributed by atoms with Crippen molar-refractivity contribution in [3.63, 3.8) is 0 Å². The van der Waals surface area contributed by atoms with E-state index in [4.69, 9.17) is 9.47 Å². The van der Waals surface area contributed by atoms with E-state index in [1.807, 2.05) is 24.3 Å². The normalized spacial score (nSPS) is 16.2. The molecule has 1 aliphatic rings. The Kier molecular flexibility index (Phi) is 5.12. The van der Waals surface area contributed by atoms with Crippen molar-refractivity contribution < 1.29 is 14.3 Å². The maximum absolute atomic E-state index is 13.0. The molecule has 0 bridgehead atoms. The van der Waals surface area contributed by atoms with Crippen molar-refractivity contribution in [1.29, 1.82) is 0 Å². The van der Waals surface area contributed by atoms with Crippen molar-refractivity contribution in [2.75, 3.05) is 20.3 Å². The van der Waals surface area contributed by atoms with E-state index in [2.05, 4.69) is 5.32 Å². The highest BCUT2D eigenvalue weighted by molar-refractivity contribution is 6.06. The largest absolute Gasteiger partial charge is 0.497 e. The molecule has 4 rings (SSSR count). The van der Waals surface area contributed by atoms with Crippen LogP contribution >= 0.6 is 0 Å². The Morgan fingerprint density at radius 1 is 1.21 bits per heavy atom. The smallest absolute Gasteiger partial charge is 0.262 e. The Morgan fingerprint density at radius 3 is 2.79 bits per heavy atom. The third-order valence-corrected chi connectivity index (χ3v) is 5.02. The fraction of sp³-hybridized carbons (Fsp3) is 0.273. The van der Waals surface area contributed by atoms with Crippen LogP contribution in [0.2, 0.25) is 0 Å². The average molecular weight is 378 g/mol. The van der Waals surface area contributed by atoms with Gasteiger partial charge < -0.3 is 14.8 Å². The van der Waals surface area contributed by atoms with Crippen LogP contribution in [0.5, 0.6) is 5.75 Å². The minimum atomic E-state index is -0.219. The molecule has 3 aromatic rings. The Hall–Kier alpha value is -3.12. The van der Waals surface area contributed by atoms with Crippen molar-refractivity contribution in [2.24, 2.45) is 0 Å². The van der Waals surface area contributed by atoms with Gasteiger partial charge in [0.15, 0.2) is 0 Å². The SMILES string of the molecule is COc1cccc(-n2cc(C(=O)NC[C@@H]3CCCO3)c3ccccc3c2=O)c1. The molecule has 1 aromatic heterocycles. The van der Waals surface area contributed by atoms with Gasteiger partial charge >= 0.3 is 0 Å². The molecule has 28 heavy (non-hydrogen) atoms. The van der Waals surface area contributed by atoms with Crippen LogP contribution in [0.1, 0.15) is 23.2 Å². The van der Waals surface area contributed by atoms with E-state index in [0.29, 0.717) is 34.3 Å². The summed E-state index contributed by atoms with van der Waals surface area (Å²) in [7, 11) is 1.58. The summed E-state index contributed by atoms with van der Waals surface area (Å²) in [5, 5.41) is 4.08. The second-order valence-corrected chi connectivity index (χ2v) is 6.81. The first-order valence-electron chi connectivity index (χ1n) is 9.36. The van der Waals surface area contributed by atoms with Crippen LogP contribution in [0.25, 0.3) is 16.5 Å². The van der Waals surface area contributed by atoms with Crippen LogP contribution < -0.4 is 15.6 Å². The number of ether oxygens (including phenoxy) is 2. The second-order valence-electron chi connectivity index (χ2n) is 6.81. The third kappa shape index (κ3) is 3.51. The van der Waals surface area contributed by atoms with Gasteiger partial charge in [0.1, 0.15) is 5.75 Å². The molecular weight excluding hydrogens is 356 g/mol. The third-order valence-electron chi connectivity index (χ3n) is 5.02. The number of nitrogens with one attached hydrogen (secondary N) is 1. The van der Waals surface area contributed by atoms with Gasteiger partial charge in [-0.1, -0.05) is 24.3 Å². The summed E-state index contributed by atoms with van der Waals surface area (Å²) in [6.45, 7) is 1.20. The quantitative estimate of drug-likeness (QED) is 0.741. The Balaban J connectivity index is 1.77. The lowest BCUT2D eigenvalue weighted by molar-refractivity contribution is 0.0858. The number of fused-ring (bicyclic) bond motifs is 1. The van der Waals surface area contributed by atoms with Gasteiger partial charge in [-0.05, 0) is 31.0 Å². The van der Waals surface area contributed by atoms with Gasteiger partial charge in [-0.15, -0.1) is 0 Å². The van der Waals surface area contributed by atoms with Crippen molar-refractivity contribution in [3.8, 4) is 11.4 Å². The highest BCUT2D eigenvalue weighted by atomic mass is 16.5. The van der Waals surface area contributed by atoms with Crippen LogP contribution in [-0.2, 0) is 4.74 Å². The lowest BCUT2D eigenvalue weighted by atomic mass is 10.1. The fourth-order valence-corrected chi connectivity index (χ4v) is 3.53. The van der Waals surface area contributed by atoms with E-state index in [0.717, 1.165) is 19.4 Å². The monoisotopic (exact) mass is 378 g/mol. The van der Waals surface area contributed by atoms with Gasteiger partial charge in [0.05, 0.1) is 24.5 Å². The van der Waals surface area contributed by atoms with Crippen LogP contribution in [0.15, 0.2) is 59.5 Å². The lowest BCUT2D eigenvalue weighted by Gasteiger charge is -2.15. The molecule has 144 valence electrons. The highest BCUT2D eigenvalue weighted by Crippen LogP contribution is 2.20. The number of amides is 1. The number of pyridine rings is 1. The molecule has 1 saturated heterocycles. The fourth-order valence-electron chi connectivity index (χ4n) is 3.53. The molecule has 0 spiro atoms. The molecular formula is C22H22N2O4. The zero-order valence-corrected chi connectivity index (χ0v) is 15.7. The summed E-state index contributed by atoms with van der Waals surface area (Å²) in [6, 6.07) is 14.4. The van der Waals surface area contributed by atoms with E-state index < -0.39 is 0 Å². The van der Waals surface area contributed by atoms with Crippen molar-refractivity contribution in [3.05, 3.63) is 70.6 Å². The molecule has 6 nitrogen and oxygen atoms in total. The average Bonchev–Trinajstić information content (AvgIpc) is 3.26. The van der Waals surface area contributed by atoms with Gasteiger partial charge in [-0.25, -0.2) is 0 Å². The molecule has 1 atom stereocenters. The molecule has 0 aliphatic carbocycles. The van der Waals surface area contributed by atoms with Crippen LogP contribution in [0, 0.1) is 0 Å². The Bertz CT molecular complexity index is 1070. The molecule has 0 saturated carbocycles. The topological polar surface area (TPSA) is 69.6 Å². The predicted molar refractivity (Wildman–Crippen MR) is 107 cm³/mol. The minimum Gasteiger partial charge on any atom is -0.497 e. The molecule has 1 fully saturated rings. The zero-order valence-electron chi connectivity index (χ0n) is 15.7. The number of hydrogen-bond donors (Lipinski definition) is 1. The summed E-state index contributed by atoms with van der Waals surface area (Å²) >= 11 is 0. The first-order valence-corrected chi connectivity index (χ1v) is 9.36. The summed E-state index contributed by atoms with van der Waals surface area (Å²) in [5.74, 6) is 0.422. The van der Waals surface area contributed by atoms with Gasteiger partial charge in [-0.3, -0.25) is 14.2 Å². The molecule has 6 heteroatoms. The van der Waals surface area contributed by atoms with Gasteiger partial charge in [0, 0.05) is 36.2 Å². The number of rotatable bonds is 5. The van der Waals surface area contributed by atoms with E-state index >= 15 is 0 Å². The zero-order chi connectivity index (χ0) is 19.5. The minimum absolute atomic E-state index is 0.0551. The number of benzene rings is 2. The maximum Gasteiger partial charge on any atom is 0.262 e. The van der Waals surface area contributed by atoms with Gasteiger partial charge in [-0.2, -0.15) is 0 Å². The van der Waals surface area contributed by atoms with E-state index in [-0.39, 0.29) is 17.6 Å². The lowest BCUT2D eigenvalue weighted by Crippen LogP contribution is -2.33. The molecule has 2 aromatic carbocycles.